The Bertz CT molecular complexity index is 229. The third kappa shape index (κ3) is 4.11. The summed E-state index contributed by atoms with van der Waals surface area (Å²) in [6.07, 6.45) is 0. The van der Waals surface area contributed by atoms with Crippen LogP contribution in [0.5, 0.6) is 0 Å². The predicted octanol–water partition coefficient (Wildman–Crippen LogP) is 1.62. The van der Waals surface area contributed by atoms with E-state index in [0.717, 1.165) is 0 Å². The first-order chi connectivity index (χ1) is 5.58. The van der Waals surface area contributed by atoms with E-state index in [1.54, 1.807) is 6.92 Å². The number of amides is 1. The molecule has 0 spiro atoms. The van der Waals surface area contributed by atoms with Gasteiger partial charge in [-0.2, -0.15) is 0 Å². The lowest BCUT2D eigenvalue weighted by atomic mass is 9.83. The van der Waals surface area contributed by atoms with E-state index in [2.05, 4.69) is 11.9 Å². The topological polar surface area (TPSA) is 55.1 Å². The van der Waals surface area contributed by atoms with Crippen LogP contribution < -0.4 is 11.1 Å². The Morgan fingerprint density at radius 2 is 1.64 bits per heavy atom. The number of nitrogens with two attached hydrogens (primary N) is 1. The molecule has 3 N–H and O–H groups in total. The zero-order valence-electron chi connectivity index (χ0n) is 9.60. The number of carbonyl (C=O) groups is 1. The SMILES string of the molecule is C=C(C)C(=O)NC(C)(C)C(C)(C)N.Cl. The molecule has 0 aromatic carbocycles. The summed E-state index contributed by atoms with van der Waals surface area (Å²) >= 11 is 0. The highest BCUT2D eigenvalue weighted by atomic mass is 35.5. The van der Waals surface area contributed by atoms with Gasteiger partial charge >= 0.3 is 0 Å². The summed E-state index contributed by atoms with van der Waals surface area (Å²) in [5.74, 6) is -0.150. The minimum Gasteiger partial charge on any atom is -0.346 e. The molecule has 0 fully saturated rings. The van der Waals surface area contributed by atoms with Gasteiger partial charge in [0.15, 0.2) is 0 Å². The molecule has 0 aliphatic rings. The van der Waals surface area contributed by atoms with Gasteiger partial charge in [-0.1, -0.05) is 6.58 Å². The molecular formula is C10H21ClN2O. The standard InChI is InChI=1S/C10H20N2O.ClH/c1-7(2)8(13)12-10(5,6)9(3,4)11;/h1,11H2,2-6H3,(H,12,13);1H. The molecular weight excluding hydrogens is 200 g/mol. The van der Waals surface area contributed by atoms with Crippen LogP contribution in [0.25, 0.3) is 0 Å². The summed E-state index contributed by atoms with van der Waals surface area (Å²) in [5.41, 5.74) is 5.51. The van der Waals surface area contributed by atoms with Crippen molar-refractivity contribution in [2.45, 2.75) is 45.7 Å². The van der Waals surface area contributed by atoms with E-state index < -0.39 is 11.1 Å². The van der Waals surface area contributed by atoms with E-state index in [1.807, 2.05) is 27.7 Å². The normalized spacial score (nSPS) is 11.6. The molecule has 0 aromatic heterocycles. The van der Waals surface area contributed by atoms with Crippen molar-refractivity contribution in [3.8, 4) is 0 Å². The van der Waals surface area contributed by atoms with Gasteiger partial charge in [0, 0.05) is 11.1 Å². The highest BCUT2D eigenvalue weighted by molar-refractivity contribution is 5.92. The van der Waals surface area contributed by atoms with Gasteiger partial charge in [-0.3, -0.25) is 4.79 Å². The first-order valence-corrected chi connectivity index (χ1v) is 4.35. The molecule has 4 heteroatoms. The van der Waals surface area contributed by atoms with Crippen molar-refractivity contribution >= 4 is 18.3 Å². The maximum absolute atomic E-state index is 11.3. The van der Waals surface area contributed by atoms with Crippen LogP contribution in [0.4, 0.5) is 0 Å². The van der Waals surface area contributed by atoms with Crippen molar-refractivity contribution in [2.75, 3.05) is 0 Å². The Labute approximate surface area is 92.5 Å². The number of nitrogens with one attached hydrogen (secondary N) is 1. The van der Waals surface area contributed by atoms with Gasteiger partial charge < -0.3 is 11.1 Å². The summed E-state index contributed by atoms with van der Waals surface area (Å²) in [4.78, 5) is 11.3. The van der Waals surface area contributed by atoms with Crippen LogP contribution in [-0.2, 0) is 4.79 Å². The van der Waals surface area contributed by atoms with E-state index in [1.165, 1.54) is 0 Å². The fraction of sp³-hybridized carbons (Fsp3) is 0.700. The fourth-order valence-corrected chi connectivity index (χ4v) is 0.552. The molecule has 84 valence electrons. The minimum absolute atomic E-state index is 0. The summed E-state index contributed by atoms with van der Waals surface area (Å²) in [7, 11) is 0. The third-order valence-corrected chi connectivity index (χ3v) is 2.42. The molecule has 0 aliphatic carbocycles. The minimum atomic E-state index is -0.460. The second-order valence-electron chi connectivity index (χ2n) is 4.58. The Hall–Kier alpha value is -0.540. The van der Waals surface area contributed by atoms with Crippen molar-refractivity contribution in [2.24, 2.45) is 5.73 Å². The summed E-state index contributed by atoms with van der Waals surface area (Å²) in [6.45, 7) is 12.8. The van der Waals surface area contributed by atoms with Crippen LogP contribution in [0.2, 0.25) is 0 Å². The summed E-state index contributed by atoms with van der Waals surface area (Å²) in [5, 5.41) is 2.83. The van der Waals surface area contributed by atoms with Crippen molar-refractivity contribution in [3.05, 3.63) is 12.2 Å². The zero-order chi connectivity index (χ0) is 10.9. The molecule has 0 saturated heterocycles. The monoisotopic (exact) mass is 220 g/mol. The lowest BCUT2D eigenvalue weighted by Gasteiger charge is -2.39. The molecule has 0 unspecified atom stereocenters. The van der Waals surface area contributed by atoms with E-state index >= 15 is 0 Å². The number of carbonyl (C=O) groups excluding carboxylic acids is 1. The second-order valence-corrected chi connectivity index (χ2v) is 4.58. The highest BCUT2D eigenvalue weighted by Crippen LogP contribution is 2.18. The van der Waals surface area contributed by atoms with E-state index in [4.69, 9.17) is 5.73 Å². The van der Waals surface area contributed by atoms with E-state index in [-0.39, 0.29) is 18.3 Å². The lowest BCUT2D eigenvalue weighted by molar-refractivity contribution is -0.119. The Kier molecular flexibility index (Phi) is 5.46. The number of halogens is 1. The van der Waals surface area contributed by atoms with Crippen molar-refractivity contribution in [1.82, 2.24) is 5.32 Å². The Morgan fingerprint density at radius 3 is 1.86 bits per heavy atom. The first-order valence-electron chi connectivity index (χ1n) is 4.35. The second kappa shape index (κ2) is 4.80. The molecule has 0 radical (unpaired) electrons. The van der Waals surface area contributed by atoms with E-state index in [0.29, 0.717) is 5.57 Å². The zero-order valence-corrected chi connectivity index (χ0v) is 10.4. The van der Waals surface area contributed by atoms with Crippen LogP contribution >= 0.6 is 12.4 Å². The van der Waals surface area contributed by atoms with Crippen LogP contribution in [0, 0.1) is 0 Å². The maximum atomic E-state index is 11.3. The molecule has 0 rings (SSSR count). The van der Waals surface area contributed by atoms with Gasteiger partial charge in [0.2, 0.25) is 5.91 Å². The largest absolute Gasteiger partial charge is 0.346 e. The highest BCUT2D eigenvalue weighted by Gasteiger charge is 2.34. The molecule has 0 aliphatic heterocycles. The third-order valence-electron chi connectivity index (χ3n) is 2.42. The van der Waals surface area contributed by atoms with Gasteiger partial charge in [-0.15, -0.1) is 12.4 Å². The van der Waals surface area contributed by atoms with E-state index in [9.17, 15) is 4.79 Å². The summed E-state index contributed by atoms with van der Waals surface area (Å²) < 4.78 is 0. The van der Waals surface area contributed by atoms with Crippen molar-refractivity contribution in [1.29, 1.82) is 0 Å². The average Bonchev–Trinajstić information content (AvgIpc) is 1.83. The average molecular weight is 221 g/mol. The first kappa shape index (κ1) is 15.9. The van der Waals surface area contributed by atoms with Gasteiger partial charge in [0.25, 0.3) is 0 Å². The van der Waals surface area contributed by atoms with Crippen LogP contribution in [0.15, 0.2) is 12.2 Å². The fourth-order valence-electron chi connectivity index (χ4n) is 0.552. The van der Waals surface area contributed by atoms with Crippen molar-refractivity contribution in [3.63, 3.8) is 0 Å². The van der Waals surface area contributed by atoms with Gasteiger partial charge in [0.05, 0.1) is 5.54 Å². The lowest BCUT2D eigenvalue weighted by Crippen LogP contribution is -2.62. The molecule has 0 aromatic rings. The smallest absolute Gasteiger partial charge is 0.246 e. The van der Waals surface area contributed by atoms with Crippen LogP contribution in [0.1, 0.15) is 34.6 Å². The number of rotatable bonds is 3. The predicted molar refractivity (Wildman–Crippen MR) is 62.6 cm³/mol. The number of hydrogen-bond acceptors (Lipinski definition) is 2. The molecule has 3 nitrogen and oxygen atoms in total. The molecule has 0 heterocycles. The van der Waals surface area contributed by atoms with Gasteiger partial charge in [-0.05, 0) is 34.6 Å². The van der Waals surface area contributed by atoms with Gasteiger partial charge in [-0.25, -0.2) is 0 Å². The molecule has 1 amide bonds. The van der Waals surface area contributed by atoms with Crippen LogP contribution in [-0.4, -0.2) is 17.0 Å². The Balaban J connectivity index is 0. The molecule has 14 heavy (non-hydrogen) atoms. The van der Waals surface area contributed by atoms with Crippen LogP contribution in [0.3, 0.4) is 0 Å². The quantitative estimate of drug-likeness (QED) is 0.711. The molecule has 0 saturated carbocycles. The summed E-state index contributed by atoms with van der Waals surface area (Å²) in [6, 6.07) is 0. The maximum Gasteiger partial charge on any atom is 0.246 e. The number of hydrogen-bond donors (Lipinski definition) is 2. The van der Waals surface area contributed by atoms with Gasteiger partial charge in [0.1, 0.15) is 0 Å². The molecule has 0 bridgehead atoms. The Morgan fingerprint density at radius 1 is 1.29 bits per heavy atom. The molecule has 0 atom stereocenters. The van der Waals surface area contributed by atoms with Crippen molar-refractivity contribution < 1.29 is 4.79 Å².